The molecule has 2 rings (SSSR count). The molecule has 1 atom stereocenters. The highest BCUT2D eigenvalue weighted by Crippen LogP contribution is 2.22. The summed E-state index contributed by atoms with van der Waals surface area (Å²) in [5, 5.41) is 0. The molecule has 1 aromatic carbocycles. The van der Waals surface area contributed by atoms with Crippen molar-refractivity contribution in [2.75, 3.05) is 23.2 Å². The Morgan fingerprint density at radius 2 is 2.05 bits per heavy atom. The molecule has 0 spiro atoms. The van der Waals surface area contributed by atoms with E-state index >= 15 is 0 Å². The maximum Gasteiger partial charge on any atom is 0.235 e. The molecular weight excluding hydrogens is 274 g/mol. The van der Waals surface area contributed by atoms with Crippen molar-refractivity contribution in [2.45, 2.75) is 38.7 Å². The highest BCUT2D eigenvalue weighted by Gasteiger charge is 2.27. The number of anilines is 1. The van der Waals surface area contributed by atoms with Crippen LogP contribution in [-0.2, 0) is 14.8 Å². The first-order valence-corrected chi connectivity index (χ1v) is 8.91. The van der Waals surface area contributed by atoms with Gasteiger partial charge in [-0.1, -0.05) is 31.5 Å². The minimum absolute atomic E-state index is 0.0200. The Bertz CT molecular complexity index is 495. The maximum absolute atomic E-state index is 12.5. The number of hydrogen-bond acceptors (Lipinski definition) is 3. The van der Waals surface area contributed by atoms with Crippen LogP contribution in [0.5, 0.6) is 0 Å². The van der Waals surface area contributed by atoms with Crippen molar-refractivity contribution in [3.63, 3.8) is 0 Å². The molecule has 0 saturated carbocycles. The Morgan fingerprint density at radius 1 is 1.30 bits per heavy atom. The lowest BCUT2D eigenvalue weighted by Gasteiger charge is -2.27. The number of hydrogen-bond donors (Lipinski definition) is 0. The van der Waals surface area contributed by atoms with Gasteiger partial charge in [-0.15, -0.1) is 0 Å². The minimum Gasteiger partial charge on any atom is -0.376 e. The summed E-state index contributed by atoms with van der Waals surface area (Å²) >= 11 is 0. The quantitative estimate of drug-likeness (QED) is 0.777. The lowest BCUT2D eigenvalue weighted by molar-refractivity contribution is 0.118. The third kappa shape index (κ3) is 3.96. The van der Waals surface area contributed by atoms with Crippen molar-refractivity contribution in [3.05, 3.63) is 30.3 Å². The third-order valence-electron chi connectivity index (χ3n) is 3.53. The number of unbranched alkanes of at least 4 members (excludes halogenated alkanes) is 1. The summed E-state index contributed by atoms with van der Waals surface area (Å²) in [6, 6.07) is 9.32. The van der Waals surface area contributed by atoms with Crippen LogP contribution in [0.25, 0.3) is 0 Å². The Kier molecular flexibility index (Phi) is 5.43. The van der Waals surface area contributed by atoms with Crippen molar-refractivity contribution in [1.82, 2.24) is 0 Å². The Hall–Kier alpha value is -1.07. The normalized spacial score (nSPS) is 19.1. The summed E-state index contributed by atoms with van der Waals surface area (Å²) in [5.41, 5.74) is 0.735. The number of benzene rings is 1. The second-order valence-electron chi connectivity index (χ2n) is 5.17. The third-order valence-corrected chi connectivity index (χ3v) is 5.37. The van der Waals surface area contributed by atoms with Gasteiger partial charge in [-0.2, -0.15) is 0 Å². The van der Waals surface area contributed by atoms with Gasteiger partial charge in [-0.3, -0.25) is 4.31 Å². The number of ether oxygens (including phenoxy) is 1. The standard InChI is InChI=1S/C15H23NO3S/c1-2-3-12-20(17,18)16(13-15-10-7-11-19-15)14-8-5-4-6-9-14/h4-6,8-9,15H,2-3,7,10-13H2,1H3. The molecule has 1 saturated heterocycles. The van der Waals surface area contributed by atoms with Gasteiger partial charge in [0.1, 0.15) is 0 Å². The van der Waals surface area contributed by atoms with Gasteiger partial charge in [-0.25, -0.2) is 8.42 Å². The van der Waals surface area contributed by atoms with Gasteiger partial charge in [0.25, 0.3) is 0 Å². The minimum atomic E-state index is -3.27. The highest BCUT2D eigenvalue weighted by atomic mass is 32.2. The molecule has 20 heavy (non-hydrogen) atoms. The second-order valence-corrected chi connectivity index (χ2v) is 7.18. The molecule has 1 aromatic rings. The summed E-state index contributed by atoms with van der Waals surface area (Å²) < 4.78 is 32.2. The van der Waals surface area contributed by atoms with Crippen LogP contribution >= 0.6 is 0 Å². The zero-order chi connectivity index (χ0) is 14.4. The van der Waals surface area contributed by atoms with Crippen LogP contribution < -0.4 is 4.31 Å². The fourth-order valence-electron chi connectivity index (χ4n) is 2.38. The number of rotatable bonds is 7. The van der Waals surface area contributed by atoms with Crippen molar-refractivity contribution >= 4 is 15.7 Å². The fraction of sp³-hybridized carbons (Fsp3) is 0.600. The fourth-order valence-corrected chi connectivity index (χ4v) is 4.09. The van der Waals surface area contributed by atoms with Crippen LogP contribution in [0.3, 0.4) is 0 Å². The molecule has 0 aliphatic carbocycles. The van der Waals surface area contributed by atoms with Crippen molar-refractivity contribution in [1.29, 1.82) is 0 Å². The van der Waals surface area contributed by atoms with Gasteiger partial charge in [-0.05, 0) is 31.4 Å². The lowest BCUT2D eigenvalue weighted by Crippen LogP contribution is -2.38. The van der Waals surface area contributed by atoms with E-state index in [0.29, 0.717) is 13.0 Å². The molecule has 1 aliphatic rings. The second kappa shape index (κ2) is 7.09. The summed E-state index contributed by atoms with van der Waals surface area (Å²) in [4.78, 5) is 0. The Balaban J connectivity index is 2.19. The van der Waals surface area contributed by atoms with E-state index in [4.69, 9.17) is 4.74 Å². The van der Waals surface area contributed by atoms with Crippen molar-refractivity contribution in [2.24, 2.45) is 0 Å². The molecule has 5 heteroatoms. The average Bonchev–Trinajstić information content (AvgIpc) is 2.96. The summed E-state index contributed by atoms with van der Waals surface area (Å²) in [7, 11) is -3.27. The zero-order valence-electron chi connectivity index (χ0n) is 12.0. The van der Waals surface area contributed by atoms with Crippen LogP contribution in [0.15, 0.2) is 30.3 Å². The molecule has 1 heterocycles. The van der Waals surface area contributed by atoms with Crippen molar-refractivity contribution in [3.8, 4) is 0 Å². The van der Waals surface area contributed by atoms with Gasteiger partial charge in [0, 0.05) is 6.61 Å². The monoisotopic (exact) mass is 297 g/mol. The van der Waals surface area contributed by atoms with Crippen LogP contribution in [0.4, 0.5) is 5.69 Å². The van der Waals surface area contributed by atoms with Gasteiger partial charge in [0.15, 0.2) is 0 Å². The smallest absolute Gasteiger partial charge is 0.235 e. The molecule has 0 aromatic heterocycles. The molecule has 0 N–H and O–H groups in total. The van der Waals surface area contributed by atoms with E-state index in [9.17, 15) is 8.42 Å². The van der Waals surface area contributed by atoms with E-state index in [1.807, 2.05) is 37.3 Å². The molecule has 0 bridgehead atoms. The average molecular weight is 297 g/mol. The topological polar surface area (TPSA) is 46.6 Å². The van der Waals surface area contributed by atoms with Crippen molar-refractivity contribution < 1.29 is 13.2 Å². The van der Waals surface area contributed by atoms with Crippen LogP contribution in [0.1, 0.15) is 32.6 Å². The SMILES string of the molecule is CCCCS(=O)(=O)N(CC1CCCO1)c1ccccc1. The number of nitrogens with zero attached hydrogens (tertiary/aromatic N) is 1. The predicted octanol–water partition coefficient (Wildman–Crippen LogP) is 2.80. The predicted molar refractivity (Wildman–Crippen MR) is 81.5 cm³/mol. The summed E-state index contributed by atoms with van der Waals surface area (Å²) in [5.74, 6) is 0.200. The summed E-state index contributed by atoms with van der Waals surface area (Å²) in [6.07, 6.45) is 3.54. The largest absolute Gasteiger partial charge is 0.376 e. The first-order chi connectivity index (χ1) is 9.63. The van der Waals surface area contributed by atoms with Crippen LogP contribution in [-0.4, -0.2) is 33.4 Å². The highest BCUT2D eigenvalue weighted by molar-refractivity contribution is 7.92. The maximum atomic E-state index is 12.5. The Labute approximate surface area is 121 Å². The molecule has 0 amide bonds. The first-order valence-electron chi connectivity index (χ1n) is 7.30. The van der Waals surface area contributed by atoms with Gasteiger partial charge in [0.2, 0.25) is 10.0 Å². The van der Waals surface area contributed by atoms with Gasteiger partial charge < -0.3 is 4.74 Å². The van der Waals surface area contributed by atoms with E-state index < -0.39 is 10.0 Å². The molecular formula is C15H23NO3S. The lowest BCUT2D eigenvalue weighted by atomic mass is 10.2. The van der Waals surface area contributed by atoms with Gasteiger partial charge >= 0.3 is 0 Å². The van der Waals surface area contributed by atoms with E-state index in [0.717, 1.165) is 31.6 Å². The van der Waals surface area contributed by atoms with Gasteiger partial charge in [0.05, 0.1) is 24.1 Å². The number of para-hydroxylation sites is 1. The first kappa shape index (κ1) is 15.3. The number of sulfonamides is 1. The molecule has 1 fully saturated rings. The van der Waals surface area contributed by atoms with E-state index in [2.05, 4.69) is 0 Å². The Morgan fingerprint density at radius 3 is 2.65 bits per heavy atom. The molecule has 1 aliphatic heterocycles. The van der Waals surface area contributed by atoms with Crippen LogP contribution in [0.2, 0.25) is 0 Å². The zero-order valence-corrected chi connectivity index (χ0v) is 12.8. The van der Waals surface area contributed by atoms with E-state index in [-0.39, 0.29) is 11.9 Å². The van der Waals surface area contributed by atoms with Crippen LogP contribution in [0, 0.1) is 0 Å². The molecule has 1 unspecified atom stereocenters. The van der Waals surface area contributed by atoms with E-state index in [1.165, 1.54) is 4.31 Å². The molecule has 0 radical (unpaired) electrons. The summed E-state index contributed by atoms with van der Waals surface area (Å²) in [6.45, 7) is 3.17. The van der Waals surface area contributed by atoms with E-state index in [1.54, 1.807) is 0 Å². The molecule has 112 valence electrons. The molecule has 4 nitrogen and oxygen atoms in total.